The van der Waals surface area contributed by atoms with Gasteiger partial charge in [-0.2, -0.15) is 0 Å². The van der Waals surface area contributed by atoms with Crippen molar-refractivity contribution in [2.75, 3.05) is 13.7 Å². The molecule has 0 aliphatic rings. The summed E-state index contributed by atoms with van der Waals surface area (Å²) < 4.78 is 18.1. The van der Waals surface area contributed by atoms with E-state index >= 15 is 0 Å². The molecule has 1 aromatic rings. The SMILES string of the molecule is C=Cc1ccc(CCOC)cc1F. The second-order valence-electron chi connectivity index (χ2n) is 2.80. The number of halogens is 1. The molecule has 0 atom stereocenters. The lowest BCUT2D eigenvalue weighted by atomic mass is 10.1. The van der Waals surface area contributed by atoms with Crippen molar-refractivity contribution in [1.82, 2.24) is 0 Å². The van der Waals surface area contributed by atoms with E-state index in [1.165, 1.54) is 12.1 Å². The molecule has 0 amide bonds. The van der Waals surface area contributed by atoms with Crippen molar-refractivity contribution >= 4 is 6.08 Å². The number of ether oxygens (including phenoxy) is 1. The third-order valence-corrected chi connectivity index (χ3v) is 1.88. The van der Waals surface area contributed by atoms with Crippen molar-refractivity contribution in [2.45, 2.75) is 6.42 Å². The highest BCUT2D eigenvalue weighted by Crippen LogP contribution is 2.11. The van der Waals surface area contributed by atoms with Crippen molar-refractivity contribution in [1.29, 1.82) is 0 Å². The highest BCUT2D eigenvalue weighted by molar-refractivity contribution is 5.48. The van der Waals surface area contributed by atoms with Crippen LogP contribution in [-0.2, 0) is 11.2 Å². The zero-order chi connectivity index (χ0) is 9.68. The Balaban J connectivity index is 2.77. The molecule has 0 N–H and O–H groups in total. The van der Waals surface area contributed by atoms with Crippen LogP contribution in [0.25, 0.3) is 6.08 Å². The second-order valence-corrected chi connectivity index (χ2v) is 2.80. The van der Waals surface area contributed by atoms with Crippen molar-refractivity contribution in [3.63, 3.8) is 0 Å². The van der Waals surface area contributed by atoms with Gasteiger partial charge in [-0.05, 0) is 18.1 Å². The molecule has 2 heteroatoms. The Morgan fingerprint density at radius 2 is 2.31 bits per heavy atom. The van der Waals surface area contributed by atoms with Crippen LogP contribution in [0, 0.1) is 5.82 Å². The molecule has 0 bridgehead atoms. The topological polar surface area (TPSA) is 9.23 Å². The molecule has 0 unspecified atom stereocenters. The summed E-state index contributed by atoms with van der Waals surface area (Å²) >= 11 is 0. The fraction of sp³-hybridized carbons (Fsp3) is 0.273. The molecule has 0 saturated carbocycles. The normalized spacial score (nSPS) is 10.0. The van der Waals surface area contributed by atoms with Gasteiger partial charge in [0.2, 0.25) is 0 Å². The Bertz CT molecular complexity index is 294. The van der Waals surface area contributed by atoms with Gasteiger partial charge in [-0.1, -0.05) is 24.8 Å². The van der Waals surface area contributed by atoms with Crippen molar-refractivity contribution < 1.29 is 9.13 Å². The van der Waals surface area contributed by atoms with Gasteiger partial charge in [0.05, 0.1) is 6.61 Å². The number of rotatable bonds is 4. The quantitative estimate of drug-likeness (QED) is 0.692. The van der Waals surface area contributed by atoms with Crippen LogP contribution >= 0.6 is 0 Å². The van der Waals surface area contributed by atoms with Crippen LogP contribution in [-0.4, -0.2) is 13.7 Å². The average molecular weight is 180 g/mol. The minimum atomic E-state index is -0.219. The molecular formula is C11H13FO. The minimum Gasteiger partial charge on any atom is -0.384 e. The number of benzene rings is 1. The van der Waals surface area contributed by atoms with Crippen LogP contribution in [0.5, 0.6) is 0 Å². The Hall–Kier alpha value is -1.15. The molecule has 1 nitrogen and oxygen atoms in total. The van der Waals surface area contributed by atoms with E-state index in [1.807, 2.05) is 6.07 Å². The van der Waals surface area contributed by atoms with Crippen molar-refractivity contribution in [3.05, 3.63) is 41.7 Å². The van der Waals surface area contributed by atoms with E-state index in [0.717, 1.165) is 12.0 Å². The summed E-state index contributed by atoms with van der Waals surface area (Å²) in [5, 5.41) is 0. The van der Waals surface area contributed by atoms with Gasteiger partial charge in [-0.25, -0.2) is 4.39 Å². The molecule has 0 saturated heterocycles. The molecule has 1 rings (SSSR count). The first-order valence-electron chi connectivity index (χ1n) is 4.17. The fourth-order valence-electron chi connectivity index (χ4n) is 1.11. The number of hydrogen-bond acceptors (Lipinski definition) is 1. The summed E-state index contributed by atoms with van der Waals surface area (Å²) in [5.41, 5.74) is 1.49. The third kappa shape index (κ3) is 2.67. The maximum absolute atomic E-state index is 13.2. The largest absolute Gasteiger partial charge is 0.384 e. The summed E-state index contributed by atoms with van der Waals surface area (Å²) in [6.07, 6.45) is 2.25. The van der Waals surface area contributed by atoms with Gasteiger partial charge in [0.15, 0.2) is 0 Å². The van der Waals surface area contributed by atoms with Crippen molar-refractivity contribution in [2.24, 2.45) is 0 Å². The molecule has 0 aliphatic heterocycles. The van der Waals surface area contributed by atoms with Crippen LogP contribution < -0.4 is 0 Å². The predicted octanol–water partition coefficient (Wildman–Crippen LogP) is 2.66. The van der Waals surface area contributed by atoms with Gasteiger partial charge in [0, 0.05) is 12.7 Å². The zero-order valence-corrected chi connectivity index (χ0v) is 7.72. The zero-order valence-electron chi connectivity index (χ0n) is 7.72. The third-order valence-electron chi connectivity index (χ3n) is 1.88. The molecule has 13 heavy (non-hydrogen) atoms. The van der Waals surface area contributed by atoms with Gasteiger partial charge in [-0.3, -0.25) is 0 Å². The van der Waals surface area contributed by atoms with Gasteiger partial charge in [0.25, 0.3) is 0 Å². The molecule has 0 spiro atoms. The number of methoxy groups -OCH3 is 1. The Morgan fingerprint density at radius 1 is 1.54 bits per heavy atom. The molecular weight excluding hydrogens is 167 g/mol. The molecule has 1 aromatic carbocycles. The van der Waals surface area contributed by atoms with Gasteiger partial charge < -0.3 is 4.74 Å². The van der Waals surface area contributed by atoms with E-state index in [-0.39, 0.29) is 5.82 Å². The smallest absolute Gasteiger partial charge is 0.130 e. The van der Waals surface area contributed by atoms with Crippen LogP contribution in [0.15, 0.2) is 24.8 Å². The Kier molecular flexibility index (Phi) is 3.65. The standard InChI is InChI=1S/C11H13FO/c1-3-10-5-4-9(6-7-13-2)8-11(10)12/h3-5,8H,1,6-7H2,2H3. The monoisotopic (exact) mass is 180 g/mol. The summed E-state index contributed by atoms with van der Waals surface area (Å²) in [7, 11) is 1.63. The van der Waals surface area contributed by atoms with Crippen LogP contribution in [0.1, 0.15) is 11.1 Å². The lowest BCUT2D eigenvalue weighted by molar-refractivity contribution is 0.202. The van der Waals surface area contributed by atoms with Gasteiger partial charge >= 0.3 is 0 Å². The highest BCUT2D eigenvalue weighted by atomic mass is 19.1. The van der Waals surface area contributed by atoms with E-state index in [4.69, 9.17) is 4.74 Å². The lowest BCUT2D eigenvalue weighted by Gasteiger charge is -2.02. The fourth-order valence-corrected chi connectivity index (χ4v) is 1.11. The first kappa shape index (κ1) is 9.93. The van der Waals surface area contributed by atoms with E-state index in [0.29, 0.717) is 12.2 Å². The molecule has 0 fully saturated rings. The summed E-state index contributed by atoms with van der Waals surface area (Å²) in [6.45, 7) is 4.14. The molecule has 0 heterocycles. The Morgan fingerprint density at radius 3 is 2.85 bits per heavy atom. The average Bonchev–Trinajstić information content (AvgIpc) is 2.15. The van der Waals surface area contributed by atoms with Gasteiger partial charge in [-0.15, -0.1) is 0 Å². The van der Waals surface area contributed by atoms with Crippen LogP contribution in [0.3, 0.4) is 0 Å². The maximum Gasteiger partial charge on any atom is 0.130 e. The Labute approximate surface area is 77.8 Å². The molecule has 70 valence electrons. The first-order valence-corrected chi connectivity index (χ1v) is 4.17. The predicted molar refractivity (Wildman–Crippen MR) is 52.1 cm³/mol. The lowest BCUT2D eigenvalue weighted by Crippen LogP contribution is -1.95. The highest BCUT2D eigenvalue weighted by Gasteiger charge is 1.99. The van der Waals surface area contributed by atoms with Crippen LogP contribution in [0.4, 0.5) is 4.39 Å². The number of hydrogen-bond donors (Lipinski definition) is 0. The molecule has 0 radical (unpaired) electrons. The first-order chi connectivity index (χ1) is 6.27. The summed E-state index contributed by atoms with van der Waals surface area (Å²) in [6, 6.07) is 5.14. The van der Waals surface area contributed by atoms with E-state index < -0.39 is 0 Å². The maximum atomic E-state index is 13.2. The van der Waals surface area contributed by atoms with Crippen LogP contribution in [0.2, 0.25) is 0 Å². The molecule has 0 aromatic heterocycles. The van der Waals surface area contributed by atoms with E-state index in [9.17, 15) is 4.39 Å². The van der Waals surface area contributed by atoms with Gasteiger partial charge in [0.1, 0.15) is 5.82 Å². The summed E-state index contributed by atoms with van der Waals surface area (Å²) in [4.78, 5) is 0. The van der Waals surface area contributed by atoms with Crippen molar-refractivity contribution in [3.8, 4) is 0 Å². The minimum absolute atomic E-state index is 0.219. The van der Waals surface area contributed by atoms with E-state index in [1.54, 1.807) is 13.2 Å². The molecule has 0 aliphatic carbocycles. The summed E-state index contributed by atoms with van der Waals surface area (Å²) in [5.74, 6) is -0.219. The van der Waals surface area contributed by atoms with E-state index in [2.05, 4.69) is 6.58 Å². The second kappa shape index (κ2) is 4.77.